The maximum Gasteiger partial charge on any atom is 0.154 e. The molecule has 0 amide bonds. The van der Waals surface area contributed by atoms with E-state index in [1.54, 1.807) is 29.0 Å². The molecule has 0 atom stereocenters. The third-order valence-corrected chi connectivity index (χ3v) is 3.87. The van der Waals surface area contributed by atoms with Gasteiger partial charge in [-0.3, -0.25) is 4.98 Å². The summed E-state index contributed by atoms with van der Waals surface area (Å²) in [5.41, 5.74) is 4.32. The Morgan fingerprint density at radius 1 is 1.04 bits per heavy atom. The summed E-state index contributed by atoms with van der Waals surface area (Å²) in [4.78, 5) is 8.50. The van der Waals surface area contributed by atoms with Crippen molar-refractivity contribution in [1.29, 1.82) is 5.26 Å². The molecule has 0 saturated heterocycles. The van der Waals surface area contributed by atoms with Crippen molar-refractivity contribution in [2.24, 2.45) is 0 Å². The number of nitrogens with one attached hydrogen (secondary N) is 1. The van der Waals surface area contributed by atoms with E-state index in [2.05, 4.69) is 26.5 Å². The molecule has 0 bridgehead atoms. The molecule has 0 aliphatic carbocycles. The zero-order valence-electron chi connectivity index (χ0n) is 13.3. The van der Waals surface area contributed by atoms with Gasteiger partial charge in [0.15, 0.2) is 5.65 Å². The van der Waals surface area contributed by atoms with E-state index in [1.165, 1.54) is 0 Å². The molecular weight excluding hydrogens is 312 g/mol. The maximum atomic E-state index is 8.93. The fourth-order valence-electron chi connectivity index (χ4n) is 2.58. The van der Waals surface area contributed by atoms with Gasteiger partial charge in [0, 0.05) is 24.5 Å². The Morgan fingerprint density at radius 3 is 2.68 bits per heavy atom. The first-order valence-electron chi connectivity index (χ1n) is 7.81. The zero-order valence-corrected chi connectivity index (χ0v) is 13.3. The van der Waals surface area contributed by atoms with E-state index < -0.39 is 0 Å². The van der Waals surface area contributed by atoms with Gasteiger partial charge in [-0.05, 0) is 35.9 Å². The molecule has 6 heteroatoms. The summed E-state index contributed by atoms with van der Waals surface area (Å²) >= 11 is 0. The van der Waals surface area contributed by atoms with Gasteiger partial charge in [0.2, 0.25) is 0 Å². The van der Waals surface area contributed by atoms with Crippen LogP contribution in [-0.2, 0) is 6.54 Å². The Balaban J connectivity index is 1.64. The number of nitriles is 1. The van der Waals surface area contributed by atoms with Gasteiger partial charge in [0.1, 0.15) is 5.82 Å². The lowest BCUT2D eigenvalue weighted by atomic mass is 10.1. The number of rotatable bonds is 4. The lowest BCUT2D eigenvalue weighted by Crippen LogP contribution is -2.04. The van der Waals surface area contributed by atoms with E-state index in [-0.39, 0.29) is 0 Å². The van der Waals surface area contributed by atoms with Crippen LogP contribution in [-0.4, -0.2) is 19.6 Å². The third-order valence-electron chi connectivity index (χ3n) is 3.87. The van der Waals surface area contributed by atoms with E-state index in [1.807, 2.05) is 42.6 Å². The first-order chi connectivity index (χ1) is 12.3. The van der Waals surface area contributed by atoms with E-state index in [0.29, 0.717) is 12.1 Å². The molecular formula is C19H14N6. The molecule has 6 nitrogen and oxygen atoms in total. The highest BCUT2D eigenvalue weighted by atomic mass is 15.3. The largest absolute Gasteiger partial charge is 0.364 e. The molecule has 0 radical (unpaired) electrons. The van der Waals surface area contributed by atoms with E-state index in [4.69, 9.17) is 5.26 Å². The molecule has 1 N–H and O–H groups in total. The SMILES string of the molecule is N#Cc1ccc(-c2cnc3ccc(NCc4cccnc4)nn23)cc1. The monoisotopic (exact) mass is 326 g/mol. The Bertz CT molecular complexity index is 1040. The average Bonchev–Trinajstić information content (AvgIpc) is 3.10. The van der Waals surface area contributed by atoms with Crippen LogP contribution >= 0.6 is 0 Å². The first-order valence-corrected chi connectivity index (χ1v) is 7.81. The molecule has 0 aliphatic heterocycles. The Labute approximate surface area is 144 Å². The predicted molar refractivity (Wildman–Crippen MR) is 94.7 cm³/mol. The minimum absolute atomic E-state index is 0.629. The Hall–Kier alpha value is -3.72. The van der Waals surface area contributed by atoms with Gasteiger partial charge >= 0.3 is 0 Å². The van der Waals surface area contributed by atoms with Crippen LogP contribution in [0.1, 0.15) is 11.1 Å². The van der Waals surface area contributed by atoms with Crippen molar-refractivity contribution >= 4 is 11.5 Å². The smallest absolute Gasteiger partial charge is 0.154 e. The molecule has 1 aromatic carbocycles. The molecule has 3 aromatic heterocycles. The molecule has 0 unspecified atom stereocenters. The van der Waals surface area contributed by atoms with Crippen molar-refractivity contribution in [3.05, 3.63) is 78.2 Å². The van der Waals surface area contributed by atoms with Gasteiger partial charge in [-0.25, -0.2) is 9.50 Å². The number of imidazole rings is 1. The second-order valence-corrected chi connectivity index (χ2v) is 5.54. The van der Waals surface area contributed by atoms with Gasteiger partial charge < -0.3 is 5.32 Å². The summed E-state index contributed by atoms with van der Waals surface area (Å²) in [7, 11) is 0. The average molecular weight is 326 g/mol. The molecule has 0 fully saturated rings. The topological polar surface area (TPSA) is 78.9 Å². The summed E-state index contributed by atoms with van der Waals surface area (Å²) in [6, 6.07) is 17.3. The number of pyridine rings is 1. The molecule has 25 heavy (non-hydrogen) atoms. The second kappa shape index (κ2) is 6.42. The molecule has 4 rings (SSSR count). The van der Waals surface area contributed by atoms with Crippen molar-refractivity contribution in [3.63, 3.8) is 0 Å². The number of aromatic nitrogens is 4. The van der Waals surface area contributed by atoms with Crippen LogP contribution in [0, 0.1) is 11.3 Å². The van der Waals surface area contributed by atoms with Crippen LogP contribution in [0.25, 0.3) is 16.9 Å². The number of benzene rings is 1. The van der Waals surface area contributed by atoms with Crippen molar-refractivity contribution in [2.45, 2.75) is 6.54 Å². The molecule has 0 aliphatic rings. The number of hydrogen-bond donors (Lipinski definition) is 1. The molecule has 4 aromatic rings. The van der Waals surface area contributed by atoms with Crippen LogP contribution in [0.3, 0.4) is 0 Å². The quantitative estimate of drug-likeness (QED) is 0.622. The summed E-state index contributed by atoms with van der Waals surface area (Å²) in [5.74, 6) is 0.754. The van der Waals surface area contributed by atoms with Gasteiger partial charge in [-0.1, -0.05) is 18.2 Å². The van der Waals surface area contributed by atoms with Crippen LogP contribution in [0.15, 0.2) is 67.1 Å². The molecule has 3 heterocycles. The predicted octanol–water partition coefficient (Wildman–Crippen LogP) is 3.28. The van der Waals surface area contributed by atoms with Gasteiger partial charge in [0.25, 0.3) is 0 Å². The van der Waals surface area contributed by atoms with E-state index in [9.17, 15) is 0 Å². The lowest BCUT2D eigenvalue weighted by Gasteiger charge is -2.07. The lowest BCUT2D eigenvalue weighted by molar-refractivity contribution is 0.930. The van der Waals surface area contributed by atoms with E-state index in [0.717, 1.165) is 28.3 Å². The number of hydrogen-bond acceptors (Lipinski definition) is 5. The Kier molecular flexibility index (Phi) is 3.81. The fourth-order valence-corrected chi connectivity index (χ4v) is 2.58. The second-order valence-electron chi connectivity index (χ2n) is 5.54. The van der Waals surface area contributed by atoms with Crippen molar-refractivity contribution in [2.75, 3.05) is 5.32 Å². The van der Waals surface area contributed by atoms with Gasteiger partial charge in [-0.15, -0.1) is 5.10 Å². The van der Waals surface area contributed by atoms with Crippen molar-refractivity contribution in [1.82, 2.24) is 19.6 Å². The zero-order chi connectivity index (χ0) is 17.1. The maximum absolute atomic E-state index is 8.93. The van der Waals surface area contributed by atoms with E-state index >= 15 is 0 Å². The first kappa shape index (κ1) is 14.8. The highest BCUT2D eigenvalue weighted by molar-refractivity contribution is 5.64. The fraction of sp³-hybridized carbons (Fsp3) is 0.0526. The third kappa shape index (κ3) is 3.03. The normalized spacial score (nSPS) is 10.5. The van der Waals surface area contributed by atoms with Crippen LogP contribution < -0.4 is 5.32 Å². The van der Waals surface area contributed by atoms with Gasteiger partial charge in [-0.2, -0.15) is 5.26 Å². The molecule has 120 valence electrons. The Morgan fingerprint density at radius 2 is 1.92 bits per heavy atom. The van der Waals surface area contributed by atoms with Crippen molar-refractivity contribution in [3.8, 4) is 17.3 Å². The highest BCUT2D eigenvalue weighted by Crippen LogP contribution is 2.21. The van der Waals surface area contributed by atoms with Crippen LogP contribution in [0.2, 0.25) is 0 Å². The van der Waals surface area contributed by atoms with Gasteiger partial charge in [0.05, 0.1) is 23.5 Å². The number of nitrogens with zero attached hydrogens (tertiary/aromatic N) is 5. The van der Waals surface area contributed by atoms with Crippen LogP contribution in [0.4, 0.5) is 5.82 Å². The minimum Gasteiger partial charge on any atom is -0.364 e. The standard InChI is InChI=1S/C19H14N6/c20-10-14-3-5-16(6-4-14)17-13-23-19-8-7-18(24-25(17)19)22-12-15-2-1-9-21-11-15/h1-9,11,13H,12H2,(H,22,24). The number of anilines is 1. The molecule has 0 spiro atoms. The summed E-state index contributed by atoms with van der Waals surface area (Å²) in [6.07, 6.45) is 5.36. The summed E-state index contributed by atoms with van der Waals surface area (Å²) < 4.78 is 1.80. The number of fused-ring (bicyclic) bond motifs is 1. The van der Waals surface area contributed by atoms with Crippen LogP contribution in [0.5, 0.6) is 0 Å². The summed E-state index contributed by atoms with van der Waals surface area (Å²) in [6.45, 7) is 0.646. The highest BCUT2D eigenvalue weighted by Gasteiger charge is 2.08. The summed E-state index contributed by atoms with van der Waals surface area (Å²) in [5, 5.41) is 16.9. The minimum atomic E-state index is 0.629. The van der Waals surface area contributed by atoms with Crippen molar-refractivity contribution < 1.29 is 0 Å². The molecule has 0 saturated carbocycles.